The van der Waals surface area contributed by atoms with E-state index >= 15 is 0 Å². The highest BCUT2D eigenvalue weighted by atomic mass is 32.2. The number of hydrogen-bond acceptors (Lipinski definition) is 4. The number of carbonyl (C=O) groups is 3. The molecule has 0 saturated carbocycles. The summed E-state index contributed by atoms with van der Waals surface area (Å²) in [6.45, 7) is 3.89. The molecule has 0 bridgehead atoms. The minimum Gasteiger partial charge on any atom is -0.356 e. The molecule has 2 aliphatic rings. The Morgan fingerprint density at radius 3 is 2.96 bits per heavy atom. The summed E-state index contributed by atoms with van der Waals surface area (Å²) >= 11 is 1.44. The molecular weight excluding hydrogens is 362 g/mol. The number of nitrogens with zero attached hydrogens (tertiary/aromatic N) is 1. The maximum Gasteiger partial charge on any atom is 0.238 e. The fourth-order valence-corrected chi connectivity index (χ4v) is 4.57. The molecule has 146 valence electrons. The van der Waals surface area contributed by atoms with Crippen LogP contribution in [0.25, 0.3) is 0 Å². The van der Waals surface area contributed by atoms with Crippen LogP contribution in [-0.4, -0.2) is 47.5 Å². The van der Waals surface area contributed by atoms with E-state index in [9.17, 15) is 14.4 Å². The molecule has 0 radical (unpaired) electrons. The van der Waals surface area contributed by atoms with Gasteiger partial charge in [0.2, 0.25) is 17.7 Å². The number of likely N-dealkylation sites (tertiary alicyclic amines) is 1. The van der Waals surface area contributed by atoms with Crippen LogP contribution in [0.1, 0.15) is 39.0 Å². The van der Waals surface area contributed by atoms with Crippen LogP contribution in [-0.2, 0) is 14.4 Å². The lowest BCUT2D eigenvalue weighted by Crippen LogP contribution is -2.46. The Morgan fingerprint density at radius 1 is 1.33 bits per heavy atom. The second kappa shape index (κ2) is 9.26. The number of carbonyl (C=O) groups excluding carboxylic acids is 3. The van der Waals surface area contributed by atoms with Gasteiger partial charge < -0.3 is 15.5 Å². The Labute approximate surface area is 164 Å². The molecule has 2 aliphatic heterocycles. The number of fused-ring (bicyclic) bond motifs is 1. The fraction of sp³-hybridized carbons (Fsp3) is 0.550. The number of rotatable bonds is 6. The van der Waals surface area contributed by atoms with Crippen LogP contribution in [0.2, 0.25) is 0 Å². The van der Waals surface area contributed by atoms with E-state index in [1.807, 2.05) is 24.3 Å². The summed E-state index contributed by atoms with van der Waals surface area (Å²) in [6, 6.07) is 7.62. The smallest absolute Gasteiger partial charge is 0.238 e. The van der Waals surface area contributed by atoms with Gasteiger partial charge in [0, 0.05) is 31.0 Å². The fourth-order valence-electron chi connectivity index (χ4n) is 3.47. The average molecular weight is 390 g/mol. The normalized spacial score (nSPS) is 22.0. The van der Waals surface area contributed by atoms with Gasteiger partial charge in [-0.3, -0.25) is 14.4 Å². The van der Waals surface area contributed by atoms with Crippen LogP contribution in [0.5, 0.6) is 0 Å². The topological polar surface area (TPSA) is 78.5 Å². The van der Waals surface area contributed by atoms with Crippen LogP contribution < -0.4 is 10.6 Å². The zero-order valence-corrected chi connectivity index (χ0v) is 16.5. The SMILES string of the molecule is CCCCNC(=O)C1CCCN(C(=O)CC2Sc3ccccc3NC2=O)C1. The zero-order chi connectivity index (χ0) is 19.2. The summed E-state index contributed by atoms with van der Waals surface area (Å²) in [6.07, 6.45) is 3.81. The summed E-state index contributed by atoms with van der Waals surface area (Å²) in [5.41, 5.74) is 0.804. The molecule has 0 aromatic heterocycles. The Balaban J connectivity index is 1.55. The standard InChI is InChI=1S/C20H27N3O3S/c1-2-3-10-21-19(25)14-7-6-11-23(13-14)18(24)12-17-20(26)22-15-8-4-5-9-16(15)27-17/h4-5,8-9,14,17H,2-3,6-7,10-13H2,1H3,(H,21,25)(H,22,26). The number of unbranched alkanes of at least 4 members (excludes halogenated alkanes) is 1. The quantitative estimate of drug-likeness (QED) is 0.733. The van der Waals surface area contributed by atoms with E-state index in [2.05, 4.69) is 17.6 Å². The minimum atomic E-state index is -0.425. The molecule has 1 aromatic carbocycles. The number of thioether (sulfide) groups is 1. The lowest BCUT2D eigenvalue weighted by atomic mass is 9.96. The third kappa shape index (κ3) is 5.03. The molecule has 2 unspecified atom stereocenters. The summed E-state index contributed by atoms with van der Waals surface area (Å²) < 4.78 is 0. The van der Waals surface area contributed by atoms with E-state index in [1.54, 1.807) is 4.90 Å². The molecule has 2 heterocycles. The van der Waals surface area contributed by atoms with E-state index in [1.165, 1.54) is 11.8 Å². The lowest BCUT2D eigenvalue weighted by Gasteiger charge is -2.33. The number of para-hydroxylation sites is 1. The van der Waals surface area contributed by atoms with Crippen LogP contribution in [0.3, 0.4) is 0 Å². The van der Waals surface area contributed by atoms with Gasteiger partial charge in [0.15, 0.2) is 0 Å². The van der Waals surface area contributed by atoms with Gasteiger partial charge >= 0.3 is 0 Å². The second-order valence-electron chi connectivity index (χ2n) is 7.12. The molecule has 1 aromatic rings. The van der Waals surface area contributed by atoms with Gasteiger partial charge in [0.25, 0.3) is 0 Å². The van der Waals surface area contributed by atoms with Gasteiger partial charge in [-0.1, -0.05) is 25.5 Å². The average Bonchev–Trinajstić information content (AvgIpc) is 2.68. The van der Waals surface area contributed by atoms with Crippen LogP contribution >= 0.6 is 11.8 Å². The van der Waals surface area contributed by atoms with Crippen molar-refractivity contribution in [1.82, 2.24) is 10.2 Å². The van der Waals surface area contributed by atoms with E-state index < -0.39 is 5.25 Å². The van der Waals surface area contributed by atoms with Gasteiger partial charge in [-0.15, -0.1) is 11.8 Å². The van der Waals surface area contributed by atoms with Crippen molar-refractivity contribution in [3.63, 3.8) is 0 Å². The van der Waals surface area contributed by atoms with Crippen molar-refractivity contribution in [3.8, 4) is 0 Å². The van der Waals surface area contributed by atoms with Crippen molar-refractivity contribution in [3.05, 3.63) is 24.3 Å². The zero-order valence-electron chi connectivity index (χ0n) is 15.7. The summed E-state index contributed by atoms with van der Waals surface area (Å²) in [5.74, 6) is -0.279. The summed E-state index contributed by atoms with van der Waals surface area (Å²) in [5, 5.41) is 5.42. The van der Waals surface area contributed by atoms with E-state index in [0.29, 0.717) is 19.6 Å². The van der Waals surface area contributed by atoms with Crippen molar-refractivity contribution in [2.45, 2.75) is 49.2 Å². The molecular formula is C20H27N3O3S. The molecule has 6 nitrogen and oxygen atoms in total. The molecule has 2 atom stereocenters. The van der Waals surface area contributed by atoms with Crippen LogP contribution in [0.15, 0.2) is 29.2 Å². The van der Waals surface area contributed by atoms with Crippen molar-refractivity contribution in [2.75, 3.05) is 25.0 Å². The molecule has 1 fully saturated rings. The first-order chi connectivity index (χ1) is 13.1. The Bertz CT molecular complexity index is 709. The predicted molar refractivity (Wildman–Crippen MR) is 107 cm³/mol. The molecule has 1 saturated heterocycles. The van der Waals surface area contributed by atoms with E-state index in [0.717, 1.165) is 36.3 Å². The highest BCUT2D eigenvalue weighted by molar-refractivity contribution is 8.01. The van der Waals surface area contributed by atoms with Gasteiger partial charge in [0.1, 0.15) is 0 Å². The van der Waals surface area contributed by atoms with Crippen molar-refractivity contribution in [2.24, 2.45) is 5.92 Å². The maximum atomic E-state index is 12.8. The molecule has 0 spiro atoms. The third-order valence-electron chi connectivity index (χ3n) is 5.04. The third-order valence-corrected chi connectivity index (χ3v) is 6.32. The lowest BCUT2D eigenvalue weighted by molar-refractivity contribution is -0.136. The highest BCUT2D eigenvalue weighted by Crippen LogP contribution is 2.37. The number of amides is 3. The van der Waals surface area contributed by atoms with Crippen molar-refractivity contribution >= 4 is 35.2 Å². The molecule has 3 rings (SSSR count). The van der Waals surface area contributed by atoms with Gasteiger partial charge in [-0.2, -0.15) is 0 Å². The second-order valence-corrected chi connectivity index (χ2v) is 8.36. The largest absolute Gasteiger partial charge is 0.356 e. The molecule has 2 N–H and O–H groups in total. The Hall–Kier alpha value is -2.02. The predicted octanol–water partition coefficient (Wildman–Crippen LogP) is 2.64. The molecule has 27 heavy (non-hydrogen) atoms. The number of benzene rings is 1. The number of nitrogens with one attached hydrogen (secondary N) is 2. The first-order valence-corrected chi connectivity index (χ1v) is 10.6. The molecule has 0 aliphatic carbocycles. The number of anilines is 1. The van der Waals surface area contributed by atoms with E-state index in [4.69, 9.17) is 0 Å². The summed E-state index contributed by atoms with van der Waals surface area (Å²) in [7, 11) is 0. The van der Waals surface area contributed by atoms with E-state index in [-0.39, 0.29) is 30.1 Å². The van der Waals surface area contributed by atoms with Crippen LogP contribution in [0, 0.1) is 5.92 Å². The first kappa shape index (κ1) is 19.7. The number of hydrogen-bond donors (Lipinski definition) is 2. The molecule has 7 heteroatoms. The van der Waals surface area contributed by atoms with Gasteiger partial charge in [0.05, 0.1) is 16.9 Å². The monoisotopic (exact) mass is 389 g/mol. The Kier molecular flexibility index (Phi) is 6.77. The van der Waals surface area contributed by atoms with Crippen molar-refractivity contribution < 1.29 is 14.4 Å². The highest BCUT2D eigenvalue weighted by Gasteiger charge is 2.33. The first-order valence-electron chi connectivity index (χ1n) is 9.70. The van der Waals surface area contributed by atoms with Crippen molar-refractivity contribution in [1.29, 1.82) is 0 Å². The maximum absolute atomic E-state index is 12.8. The summed E-state index contributed by atoms with van der Waals surface area (Å²) in [4.78, 5) is 40.1. The molecule has 3 amide bonds. The van der Waals surface area contributed by atoms with Crippen LogP contribution in [0.4, 0.5) is 5.69 Å². The number of piperidine rings is 1. The van der Waals surface area contributed by atoms with Gasteiger partial charge in [-0.25, -0.2) is 0 Å². The minimum absolute atomic E-state index is 0.0414. The Morgan fingerprint density at radius 2 is 2.15 bits per heavy atom. The van der Waals surface area contributed by atoms with Gasteiger partial charge in [-0.05, 0) is 31.4 Å².